The van der Waals surface area contributed by atoms with Gasteiger partial charge in [-0.3, -0.25) is 4.79 Å². The Hall–Kier alpha value is -1.58. The minimum absolute atomic E-state index is 0.0428. The Morgan fingerprint density at radius 1 is 1.41 bits per heavy atom. The molecule has 1 aliphatic rings. The van der Waals surface area contributed by atoms with Gasteiger partial charge >= 0.3 is 0 Å². The number of hydrogen-bond donors (Lipinski definition) is 2. The number of nitrogens with one attached hydrogen (secondary N) is 2. The van der Waals surface area contributed by atoms with E-state index in [2.05, 4.69) is 10.6 Å². The van der Waals surface area contributed by atoms with Crippen LogP contribution in [0.15, 0.2) is 18.2 Å². The number of hydrogen-bond acceptors (Lipinski definition) is 2. The van der Waals surface area contributed by atoms with E-state index in [4.69, 9.17) is 0 Å². The molecule has 2 N–H and O–H groups in total. The zero-order valence-electron chi connectivity index (χ0n) is 9.92. The number of rotatable bonds is 5. The van der Waals surface area contributed by atoms with Gasteiger partial charge in [0.15, 0.2) is 0 Å². The highest BCUT2D eigenvalue weighted by atomic mass is 19.1. The predicted molar refractivity (Wildman–Crippen MR) is 65.4 cm³/mol. The minimum atomic E-state index is -0.286. The predicted octanol–water partition coefficient (Wildman–Crippen LogP) is 2.07. The van der Waals surface area contributed by atoms with Gasteiger partial charge in [-0.1, -0.05) is 0 Å². The summed E-state index contributed by atoms with van der Waals surface area (Å²) in [7, 11) is 0. The van der Waals surface area contributed by atoms with Crippen LogP contribution in [-0.2, 0) is 4.79 Å². The lowest BCUT2D eigenvalue weighted by Gasteiger charge is -2.08. The molecule has 1 aliphatic carbocycles. The zero-order valence-corrected chi connectivity index (χ0v) is 9.92. The number of halogens is 1. The maximum Gasteiger partial charge on any atom is 0.239 e. The van der Waals surface area contributed by atoms with Crippen LogP contribution in [0.1, 0.15) is 18.4 Å². The Morgan fingerprint density at radius 2 is 2.18 bits per heavy atom. The monoisotopic (exact) mass is 236 g/mol. The molecule has 4 heteroatoms. The molecule has 92 valence electrons. The maximum atomic E-state index is 13.1. The first kappa shape index (κ1) is 11.9. The highest BCUT2D eigenvalue weighted by Crippen LogP contribution is 2.27. The second-order valence-electron chi connectivity index (χ2n) is 4.62. The van der Waals surface area contributed by atoms with E-state index >= 15 is 0 Å². The fourth-order valence-electron chi connectivity index (χ4n) is 1.66. The lowest BCUT2D eigenvalue weighted by Crippen LogP contribution is -2.31. The van der Waals surface area contributed by atoms with E-state index in [9.17, 15) is 9.18 Å². The molecule has 1 aromatic rings. The van der Waals surface area contributed by atoms with Crippen molar-refractivity contribution in [2.45, 2.75) is 19.8 Å². The lowest BCUT2D eigenvalue weighted by atomic mass is 10.2. The van der Waals surface area contributed by atoms with E-state index < -0.39 is 0 Å². The van der Waals surface area contributed by atoms with Crippen molar-refractivity contribution >= 4 is 11.6 Å². The molecule has 0 atom stereocenters. The molecular formula is C13H17FN2O. The summed E-state index contributed by atoms with van der Waals surface area (Å²) in [4.78, 5) is 11.5. The van der Waals surface area contributed by atoms with Crippen LogP contribution in [0.2, 0.25) is 0 Å². The summed E-state index contributed by atoms with van der Waals surface area (Å²) in [6.45, 7) is 2.78. The van der Waals surface area contributed by atoms with Gasteiger partial charge in [0.05, 0.1) is 6.54 Å². The molecular weight excluding hydrogens is 219 g/mol. The largest absolute Gasteiger partial charge is 0.376 e. The van der Waals surface area contributed by atoms with Crippen LogP contribution >= 0.6 is 0 Å². The molecule has 2 rings (SSSR count). The van der Waals surface area contributed by atoms with Crippen molar-refractivity contribution in [2.75, 3.05) is 18.4 Å². The molecule has 1 amide bonds. The summed E-state index contributed by atoms with van der Waals surface area (Å²) in [6.07, 6.45) is 2.44. The van der Waals surface area contributed by atoms with Crippen LogP contribution in [0.4, 0.5) is 10.1 Å². The summed E-state index contributed by atoms with van der Waals surface area (Å²) in [5, 5.41) is 5.77. The van der Waals surface area contributed by atoms with Gasteiger partial charge in [-0.2, -0.15) is 0 Å². The molecule has 17 heavy (non-hydrogen) atoms. The molecule has 1 fully saturated rings. The number of carbonyl (C=O) groups excluding carboxylic acids is 1. The van der Waals surface area contributed by atoms with E-state index in [1.807, 2.05) is 13.0 Å². The van der Waals surface area contributed by atoms with Crippen molar-refractivity contribution in [1.82, 2.24) is 5.32 Å². The molecule has 0 unspecified atom stereocenters. The lowest BCUT2D eigenvalue weighted by molar-refractivity contribution is -0.119. The van der Waals surface area contributed by atoms with Crippen LogP contribution < -0.4 is 10.6 Å². The summed E-state index contributed by atoms with van der Waals surface area (Å²) in [5.74, 6) is 0.347. The SMILES string of the molecule is Cc1cc(F)cc(NCC(=O)NCC2CC2)c1. The molecule has 0 bridgehead atoms. The average Bonchev–Trinajstić information content (AvgIpc) is 3.06. The Balaban J connectivity index is 1.77. The van der Waals surface area contributed by atoms with Crippen LogP contribution in [0, 0.1) is 18.7 Å². The molecule has 0 aliphatic heterocycles. The number of anilines is 1. The number of benzene rings is 1. The Kier molecular flexibility index (Phi) is 3.61. The number of amides is 1. The van der Waals surface area contributed by atoms with Crippen LogP contribution in [-0.4, -0.2) is 19.0 Å². The van der Waals surface area contributed by atoms with Crippen molar-refractivity contribution < 1.29 is 9.18 Å². The van der Waals surface area contributed by atoms with Crippen LogP contribution in [0.3, 0.4) is 0 Å². The third-order valence-electron chi connectivity index (χ3n) is 2.78. The van der Waals surface area contributed by atoms with E-state index in [0.717, 1.165) is 12.1 Å². The summed E-state index contributed by atoms with van der Waals surface area (Å²) in [5.41, 5.74) is 1.48. The Labute approximate surface area is 100 Å². The fourth-order valence-corrected chi connectivity index (χ4v) is 1.66. The van der Waals surface area contributed by atoms with E-state index in [-0.39, 0.29) is 18.3 Å². The zero-order chi connectivity index (χ0) is 12.3. The normalized spacial score (nSPS) is 14.5. The third-order valence-corrected chi connectivity index (χ3v) is 2.78. The standard InChI is InChI=1S/C13H17FN2O/c1-9-4-11(14)6-12(5-9)15-8-13(17)16-7-10-2-3-10/h4-6,10,15H,2-3,7-8H2,1H3,(H,16,17). The Morgan fingerprint density at radius 3 is 2.82 bits per heavy atom. The van der Waals surface area contributed by atoms with E-state index in [0.29, 0.717) is 11.6 Å². The fraction of sp³-hybridized carbons (Fsp3) is 0.462. The molecule has 0 aromatic heterocycles. The molecule has 3 nitrogen and oxygen atoms in total. The summed E-state index contributed by atoms with van der Waals surface area (Å²) >= 11 is 0. The van der Waals surface area contributed by atoms with Gasteiger partial charge in [-0.05, 0) is 49.4 Å². The van der Waals surface area contributed by atoms with Crippen molar-refractivity contribution in [3.05, 3.63) is 29.6 Å². The molecule has 0 saturated heterocycles. The second-order valence-corrected chi connectivity index (χ2v) is 4.62. The third kappa shape index (κ3) is 4.06. The van der Waals surface area contributed by atoms with Crippen LogP contribution in [0.5, 0.6) is 0 Å². The molecule has 1 aromatic carbocycles. The second kappa shape index (κ2) is 5.17. The van der Waals surface area contributed by atoms with Crippen molar-refractivity contribution in [3.8, 4) is 0 Å². The molecule has 0 heterocycles. The van der Waals surface area contributed by atoms with Crippen molar-refractivity contribution in [2.24, 2.45) is 5.92 Å². The topological polar surface area (TPSA) is 41.1 Å². The molecule has 1 saturated carbocycles. The first-order valence-electron chi connectivity index (χ1n) is 5.91. The quantitative estimate of drug-likeness (QED) is 0.821. The van der Waals surface area contributed by atoms with Gasteiger partial charge in [0, 0.05) is 12.2 Å². The highest BCUT2D eigenvalue weighted by molar-refractivity contribution is 5.80. The van der Waals surface area contributed by atoms with Gasteiger partial charge in [-0.25, -0.2) is 4.39 Å². The van der Waals surface area contributed by atoms with Gasteiger partial charge in [0.25, 0.3) is 0 Å². The average molecular weight is 236 g/mol. The summed E-state index contributed by atoms with van der Waals surface area (Å²) < 4.78 is 13.1. The Bertz CT molecular complexity index is 396. The van der Waals surface area contributed by atoms with Gasteiger partial charge in [0.2, 0.25) is 5.91 Å². The van der Waals surface area contributed by atoms with Gasteiger partial charge in [0.1, 0.15) is 5.82 Å². The minimum Gasteiger partial charge on any atom is -0.376 e. The first-order valence-corrected chi connectivity index (χ1v) is 5.91. The molecule has 0 radical (unpaired) electrons. The van der Waals surface area contributed by atoms with Crippen molar-refractivity contribution in [1.29, 1.82) is 0 Å². The highest BCUT2D eigenvalue weighted by Gasteiger charge is 2.21. The van der Waals surface area contributed by atoms with E-state index in [1.54, 1.807) is 0 Å². The first-order chi connectivity index (χ1) is 8.13. The van der Waals surface area contributed by atoms with Gasteiger partial charge in [-0.15, -0.1) is 0 Å². The number of carbonyl (C=O) groups is 1. The van der Waals surface area contributed by atoms with Gasteiger partial charge < -0.3 is 10.6 Å². The summed E-state index contributed by atoms with van der Waals surface area (Å²) in [6, 6.07) is 4.66. The van der Waals surface area contributed by atoms with E-state index in [1.165, 1.54) is 25.0 Å². The smallest absolute Gasteiger partial charge is 0.239 e. The van der Waals surface area contributed by atoms with Crippen molar-refractivity contribution in [3.63, 3.8) is 0 Å². The van der Waals surface area contributed by atoms with Crippen LogP contribution in [0.25, 0.3) is 0 Å². The number of aryl methyl sites for hydroxylation is 1. The molecule has 0 spiro atoms. The maximum absolute atomic E-state index is 13.1.